The van der Waals surface area contributed by atoms with Gasteiger partial charge in [-0.25, -0.2) is 0 Å². The summed E-state index contributed by atoms with van der Waals surface area (Å²) in [5.74, 6) is 0.433. The van der Waals surface area contributed by atoms with Gasteiger partial charge in [-0.2, -0.15) is 0 Å². The van der Waals surface area contributed by atoms with Crippen LogP contribution in [0, 0.1) is 6.08 Å². The van der Waals surface area contributed by atoms with Crippen LogP contribution in [0.4, 0.5) is 5.69 Å². The maximum absolute atomic E-state index is 5.79. The number of para-hydroxylation sites is 1. The van der Waals surface area contributed by atoms with E-state index in [0.29, 0.717) is 10.8 Å². The second-order valence-corrected chi connectivity index (χ2v) is 4.96. The van der Waals surface area contributed by atoms with Gasteiger partial charge in [0.25, 0.3) is 0 Å². The van der Waals surface area contributed by atoms with Crippen molar-refractivity contribution < 1.29 is 19.4 Å². The molecule has 0 unspecified atom stereocenters. The van der Waals surface area contributed by atoms with E-state index in [1.807, 2.05) is 30.3 Å². The van der Waals surface area contributed by atoms with Gasteiger partial charge in [0.1, 0.15) is 0 Å². The second kappa shape index (κ2) is 7.25. The molecule has 0 spiro atoms. The predicted molar refractivity (Wildman–Crippen MR) is 72.8 cm³/mol. The third-order valence-electron chi connectivity index (χ3n) is 1.80. The molecule has 0 saturated heterocycles. The molecule has 1 aromatic rings. The van der Waals surface area contributed by atoms with Crippen molar-refractivity contribution in [2.24, 2.45) is 10.7 Å². The molecule has 5 heteroatoms. The van der Waals surface area contributed by atoms with Gasteiger partial charge in [0.2, 0.25) is 0 Å². The summed E-state index contributed by atoms with van der Waals surface area (Å²) in [5.41, 5.74) is 6.74. The second-order valence-electron chi connectivity index (χ2n) is 3.08. The molecule has 0 fully saturated rings. The van der Waals surface area contributed by atoms with Crippen LogP contribution in [-0.4, -0.2) is 14.7 Å². The number of nitrogens with zero attached hydrogens (tertiary/aromatic N) is 1. The number of rotatable bonds is 4. The number of anilines is 1. The summed E-state index contributed by atoms with van der Waals surface area (Å²) in [5, 5.41) is 3.12. The SMILES string of the molecule is C[C-]=CN=C(N)[C](=[W])C(=S)Nc1ccccc1. The molecule has 3 N–H and O–H groups in total. The third-order valence-corrected chi connectivity index (χ3v) is 4.11. The zero-order valence-electron chi connectivity index (χ0n) is 9.31. The van der Waals surface area contributed by atoms with Crippen molar-refractivity contribution in [1.29, 1.82) is 0 Å². The van der Waals surface area contributed by atoms with Crippen LogP contribution in [0.25, 0.3) is 0 Å². The van der Waals surface area contributed by atoms with Crippen molar-refractivity contribution in [2.45, 2.75) is 6.92 Å². The van der Waals surface area contributed by atoms with Crippen LogP contribution in [0.2, 0.25) is 0 Å². The monoisotopic (exact) mass is 414 g/mol. The molecule has 0 atom stereocenters. The van der Waals surface area contributed by atoms with Crippen LogP contribution < -0.4 is 11.1 Å². The Morgan fingerprint density at radius 2 is 2.12 bits per heavy atom. The van der Waals surface area contributed by atoms with E-state index in [4.69, 9.17) is 18.0 Å². The maximum atomic E-state index is 5.79. The Labute approximate surface area is 117 Å². The fourth-order valence-corrected chi connectivity index (χ4v) is 1.61. The fourth-order valence-electron chi connectivity index (χ4n) is 1.02. The van der Waals surface area contributed by atoms with E-state index in [1.54, 1.807) is 6.92 Å². The standard InChI is InChI=1S/C12H12N3S.W/c1-2-8-14-11(13)9-12(16)15-10-6-4-3-5-7-10;/h3-8H,1H3,(H2,13,14)(H,15,16);/q-1;. The number of thiocarbonyl (C=S) groups is 1. The van der Waals surface area contributed by atoms with Crippen LogP contribution in [0.1, 0.15) is 6.92 Å². The third kappa shape index (κ3) is 4.71. The van der Waals surface area contributed by atoms with Crippen LogP contribution in [0.5, 0.6) is 0 Å². The molecule has 0 saturated carbocycles. The van der Waals surface area contributed by atoms with Gasteiger partial charge in [0.15, 0.2) is 0 Å². The van der Waals surface area contributed by atoms with Gasteiger partial charge < -0.3 is 0 Å². The number of aliphatic imine (C=N–C) groups is 1. The quantitative estimate of drug-likeness (QED) is 0.342. The number of hydrogen-bond acceptors (Lipinski definition) is 2. The normalized spacial score (nSPS) is 11.5. The predicted octanol–water partition coefficient (Wildman–Crippen LogP) is 1.84. The molecule has 0 aliphatic heterocycles. The van der Waals surface area contributed by atoms with Gasteiger partial charge in [0, 0.05) is 0 Å². The number of amidine groups is 1. The van der Waals surface area contributed by atoms with Crippen LogP contribution >= 0.6 is 12.2 Å². The summed E-state index contributed by atoms with van der Waals surface area (Å²) in [4.78, 5) is 4.63. The Hall–Kier alpha value is -1.12. The molecule has 0 amide bonds. The molecule has 0 aliphatic rings. The molecular weight excluding hydrogens is 402 g/mol. The number of nitrogens with two attached hydrogens (primary N) is 1. The van der Waals surface area contributed by atoms with E-state index in [-0.39, 0.29) is 0 Å². The summed E-state index contributed by atoms with van der Waals surface area (Å²) in [7, 11) is 0. The average molecular weight is 414 g/mol. The molecule has 3 nitrogen and oxygen atoms in total. The summed E-state index contributed by atoms with van der Waals surface area (Å²) in [6, 6.07) is 9.73. The minimum atomic E-state index is 0.433. The van der Waals surface area contributed by atoms with Crippen molar-refractivity contribution in [2.75, 3.05) is 5.32 Å². The molecule has 0 aliphatic carbocycles. The van der Waals surface area contributed by atoms with E-state index in [9.17, 15) is 0 Å². The van der Waals surface area contributed by atoms with E-state index in [1.165, 1.54) is 25.6 Å². The summed E-state index contributed by atoms with van der Waals surface area (Å²) in [6.07, 6.45) is 4.31. The van der Waals surface area contributed by atoms with Crippen molar-refractivity contribution in [1.82, 2.24) is 0 Å². The van der Waals surface area contributed by atoms with E-state index in [2.05, 4.69) is 16.4 Å². The van der Waals surface area contributed by atoms with Crippen molar-refractivity contribution >= 4 is 32.6 Å². The Morgan fingerprint density at radius 3 is 2.71 bits per heavy atom. The fraction of sp³-hybridized carbons (Fsp3) is 0.0833. The number of nitrogens with one attached hydrogen (secondary N) is 1. The van der Waals surface area contributed by atoms with Crippen molar-refractivity contribution in [3.8, 4) is 0 Å². The first-order valence-electron chi connectivity index (χ1n) is 4.88. The van der Waals surface area contributed by atoms with Gasteiger partial charge >= 0.3 is 118 Å². The zero-order chi connectivity index (χ0) is 12.7. The van der Waals surface area contributed by atoms with Crippen LogP contribution in [-0.2, 0) is 19.4 Å². The Bertz CT molecular complexity index is 466. The van der Waals surface area contributed by atoms with Gasteiger partial charge in [0.05, 0.1) is 0 Å². The van der Waals surface area contributed by atoms with E-state index >= 15 is 0 Å². The van der Waals surface area contributed by atoms with Gasteiger partial charge in [-0.1, -0.05) is 0 Å². The number of allylic oxidation sites excluding steroid dienone is 1. The molecule has 1 rings (SSSR count). The van der Waals surface area contributed by atoms with Crippen LogP contribution in [0.15, 0.2) is 41.5 Å². The van der Waals surface area contributed by atoms with Crippen LogP contribution in [0.3, 0.4) is 0 Å². The minimum absolute atomic E-state index is 0.433. The summed E-state index contributed by atoms with van der Waals surface area (Å²) >= 11 is 6.44. The summed E-state index contributed by atoms with van der Waals surface area (Å²) < 4.78 is 0.829. The molecule has 17 heavy (non-hydrogen) atoms. The summed E-state index contributed by atoms with van der Waals surface area (Å²) in [6.45, 7) is 1.76. The number of benzene rings is 1. The molecule has 1 aromatic carbocycles. The molecule has 0 radical (unpaired) electrons. The molecule has 0 heterocycles. The first-order valence-corrected chi connectivity index (χ1v) is 6.75. The van der Waals surface area contributed by atoms with E-state index in [0.717, 1.165) is 9.59 Å². The number of hydrogen-bond donors (Lipinski definition) is 2. The van der Waals surface area contributed by atoms with Gasteiger partial charge in [-0.05, 0) is 0 Å². The first-order chi connectivity index (χ1) is 8.15. The zero-order valence-corrected chi connectivity index (χ0v) is 13.1. The Kier molecular flexibility index (Phi) is 5.95. The van der Waals surface area contributed by atoms with Crippen molar-refractivity contribution in [3.63, 3.8) is 0 Å². The Balaban J connectivity index is 2.69. The van der Waals surface area contributed by atoms with E-state index < -0.39 is 0 Å². The molecule has 0 aromatic heterocycles. The Morgan fingerprint density at radius 1 is 1.47 bits per heavy atom. The topological polar surface area (TPSA) is 50.4 Å². The van der Waals surface area contributed by atoms with Gasteiger partial charge in [-0.3, -0.25) is 0 Å². The average Bonchev–Trinajstić information content (AvgIpc) is 2.36. The molecule has 0 bridgehead atoms. The van der Waals surface area contributed by atoms with Gasteiger partial charge in [-0.15, -0.1) is 0 Å². The van der Waals surface area contributed by atoms with Crippen molar-refractivity contribution in [3.05, 3.63) is 42.6 Å². The molecule has 88 valence electrons. The molecular formula is C12H12N3SW-. The first kappa shape index (κ1) is 13.9.